The van der Waals surface area contributed by atoms with Crippen LogP contribution in [0.1, 0.15) is 40.8 Å². The van der Waals surface area contributed by atoms with E-state index in [2.05, 4.69) is 15.3 Å². The van der Waals surface area contributed by atoms with Crippen LogP contribution in [0.3, 0.4) is 0 Å². The predicted molar refractivity (Wildman–Crippen MR) is 133 cm³/mol. The Bertz CT molecular complexity index is 1220. The zero-order valence-electron chi connectivity index (χ0n) is 18.6. The van der Waals surface area contributed by atoms with E-state index in [1.807, 2.05) is 84.6 Å². The van der Waals surface area contributed by atoms with E-state index in [9.17, 15) is 9.90 Å². The number of thiophene rings is 1. The summed E-state index contributed by atoms with van der Waals surface area (Å²) in [6.45, 7) is 4.93. The van der Waals surface area contributed by atoms with Crippen LogP contribution in [0.2, 0.25) is 0 Å². The molecule has 2 aromatic heterocycles. The summed E-state index contributed by atoms with van der Waals surface area (Å²) in [5.41, 5.74) is 3.46. The number of nitrogens with zero attached hydrogens (tertiary/aromatic N) is 3. The maximum Gasteiger partial charge on any atom is 0.264 e. The first kappa shape index (κ1) is 22.6. The van der Waals surface area contributed by atoms with Gasteiger partial charge in [-0.3, -0.25) is 4.79 Å². The van der Waals surface area contributed by atoms with Gasteiger partial charge in [0.25, 0.3) is 5.91 Å². The summed E-state index contributed by atoms with van der Waals surface area (Å²) >= 11 is 1.43. The van der Waals surface area contributed by atoms with E-state index >= 15 is 0 Å². The average Bonchev–Trinajstić information content (AvgIpc) is 3.33. The third kappa shape index (κ3) is 5.63. The van der Waals surface area contributed by atoms with Crippen molar-refractivity contribution in [2.24, 2.45) is 0 Å². The van der Waals surface area contributed by atoms with Gasteiger partial charge in [-0.15, -0.1) is 11.3 Å². The lowest BCUT2D eigenvalue weighted by molar-refractivity contribution is 0.0757. The van der Waals surface area contributed by atoms with Gasteiger partial charge in [0.05, 0.1) is 21.6 Å². The van der Waals surface area contributed by atoms with Crippen molar-refractivity contribution in [1.29, 1.82) is 0 Å². The fraction of sp³-hybridized carbons (Fsp3) is 0.192. The second-order valence-corrected chi connectivity index (χ2v) is 8.74. The molecule has 168 valence electrons. The largest absolute Gasteiger partial charge is 0.389 e. The van der Waals surface area contributed by atoms with Crippen LogP contribution in [0.4, 0.5) is 11.6 Å². The minimum Gasteiger partial charge on any atom is -0.389 e. The molecule has 0 aliphatic rings. The van der Waals surface area contributed by atoms with Crippen LogP contribution >= 0.6 is 11.3 Å². The van der Waals surface area contributed by atoms with Crippen molar-refractivity contribution >= 4 is 28.9 Å². The summed E-state index contributed by atoms with van der Waals surface area (Å²) in [5, 5.41) is 13.0. The molecule has 0 saturated carbocycles. The molecule has 2 aromatic carbocycles. The molecule has 0 saturated heterocycles. The summed E-state index contributed by atoms with van der Waals surface area (Å²) < 4.78 is 0. The lowest BCUT2D eigenvalue weighted by atomic mass is 10.1. The van der Waals surface area contributed by atoms with E-state index in [0.29, 0.717) is 23.9 Å². The highest BCUT2D eigenvalue weighted by atomic mass is 32.1. The first-order valence-electron chi connectivity index (χ1n) is 10.8. The number of benzene rings is 2. The smallest absolute Gasteiger partial charge is 0.264 e. The lowest BCUT2D eigenvalue weighted by Crippen LogP contribution is -2.29. The quantitative estimate of drug-likeness (QED) is 0.356. The molecular formula is C26H26N4O2S. The van der Waals surface area contributed by atoms with Crippen molar-refractivity contribution in [3.63, 3.8) is 0 Å². The van der Waals surface area contributed by atoms with E-state index < -0.39 is 6.10 Å². The highest BCUT2D eigenvalue weighted by Gasteiger charge is 2.18. The van der Waals surface area contributed by atoms with Crippen LogP contribution < -0.4 is 5.32 Å². The molecule has 2 heterocycles. The summed E-state index contributed by atoms with van der Waals surface area (Å²) in [5.74, 6) is 0.468. The second-order valence-electron chi connectivity index (χ2n) is 7.66. The van der Waals surface area contributed by atoms with E-state index in [1.54, 1.807) is 13.1 Å². The van der Waals surface area contributed by atoms with Crippen molar-refractivity contribution in [3.05, 3.63) is 95.0 Å². The van der Waals surface area contributed by atoms with Crippen molar-refractivity contribution in [2.45, 2.75) is 26.5 Å². The Morgan fingerprint density at radius 1 is 1.09 bits per heavy atom. The lowest BCUT2D eigenvalue weighted by Gasteiger charge is -2.20. The molecular weight excluding hydrogens is 432 g/mol. The molecule has 4 aromatic rings. The summed E-state index contributed by atoms with van der Waals surface area (Å²) in [7, 11) is 0. The van der Waals surface area contributed by atoms with Crippen molar-refractivity contribution in [1.82, 2.24) is 14.9 Å². The third-order valence-corrected chi connectivity index (χ3v) is 6.33. The molecule has 0 aliphatic heterocycles. The Morgan fingerprint density at radius 2 is 1.91 bits per heavy atom. The van der Waals surface area contributed by atoms with Crippen LogP contribution in [0.15, 0.2) is 79.0 Å². The Kier molecular flexibility index (Phi) is 7.12. The van der Waals surface area contributed by atoms with Gasteiger partial charge < -0.3 is 15.3 Å². The number of aliphatic hydroxyl groups is 1. The van der Waals surface area contributed by atoms with Gasteiger partial charge in [-0.1, -0.05) is 42.5 Å². The van der Waals surface area contributed by atoms with Crippen LogP contribution in [-0.4, -0.2) is 32.4 Å². The minimum absolute atomic E-state index is 0.0138. The maximum atomic E-state index is 13.1. The molecule has 0 bridgehead atoms. The van der Waals surface area contributed by atoms with Gasteiger partial charge in [0.15, 0.2) is 0 Å². The first-order chi connectivity index (χ1) is 16.0. The molecule has 0 aliphatic carbocycles. The SMILES string of the molecule is CCN(Cc1ccccc1)C(=O)c1ccc(-c2ccnc(Nc3cccc(C(C)O)c3)n2)s1. The zero-order valence-corrected chi connectivity index (χ0v) is 19.4. The number of carbonyl (C=O) groups excluding carboxylic acids is 1. The van der Waals surface area contributed by atoms with Gasteiger partial charge >= 0.3 is 0 Å². The maximum absolute atomic E-state index is 13.1. The minimum atomic E-state index is -0.550. The van der Waals surface area contributed by atoms with Crippen molar-refractivity contribution in [3.8, 4) is 10.6 Å². The summed E-state index contributed by atoms with van der Waals surface area (Å²) in [6.07, 6.45) is 1.14. The van der Waals surface area contributed by atoms with E-state index in [0.717, 1.165) is 27.4 Å². The number of anilines is 2. The molecule has 33 heavy (non-hydrogen) atoms. The number of amides is 1. The molecule has 1 amide bonds. The van der Waals surface area contributed by atoms with Crippen LogP contribution in [-0.2, 0) is 6.54 Å². The highest BCUT2D eigenvalue weighted by Crippen LogP contribution is 2.29. The molecule has 1 atom stereocenters. The van der Waals surface area contributed by atoms with Gasteiger partial charge in [-0.05, 0) is 55.3 Å². The van der Waals surface area contributed by atoms with Crippen LogP contribution in [0.5, 0.6) is 0 Å². The number of hydrogen-bond acceptors (Lipinski definition) is 6. The first-order valence-corrected chi connectivity index (χ1v) is 11.7. The fourth-order valence-electron chi connectivity index (χ4n) is 3.44. The summed E-state index contributed by atoms with van der Waals surface area (Å²) in [6, 6.07) is 23.1. The second kappa shape index (κ2) is 10.4. The number of rotatable bonds is 8. The van der Waals surface area contributed by atoms with E-state index in [-0.39, 0.29) is 5.91 Å². The summed E-state index contributed by atoms with van der Waals surface area (Å²) in [4.78, 5) is 25.4. The number of nitrogens with one attached hydrogen (secondary N) is 1. The predicted octanol–water partition coefficient (Wildman–Crippen LogP) is 5.66. The molecule has 7 heteroatoms. The Morgan fingerprint density at radius 3 is 2.67 bits per heavy atom. The van der Waals surface area contributed by atoms with Gasteiger partial charge in [-0.2, -0.15) is 0 Å². The van der Waals surface area contributed by atoms with E-state index in [1.165, 1.54) is 11.3 Å². The number of aromatic nitrogens is 2. The van der Waals surface area contributed by atoms with Gasteiger partial charge in [-0.25, -0.2) is 9.97 Å². The fourth-order valence-corrected chi connectivity index (χ4v) is 4.38. The zero-order chi connectivity index (χ0) is 23.2. The van der Waals surface area contributed by atoms with Gasteiger partial charge in [0, 0.05) is 25.0 Å². The van der Waals surface area contributed by atoms with Crippen molar-refractivity contribution < 1.29 is 9.90 Å². The monoisotopic (exact) mass is 458 g/mol. The highest BCUT2D eigenvalue weighted by molar-refractivity contribution is 7.17. The Balaban J connectivity index is 1.50. The molecule has 6 nitrogen and oxygen atoms in total. The molecule has 4 rings (SSSR count). The molecule has 2 N–H and O–H groups in total. The van der Waals surface area contributed by atoms with Crippen LogP contribution in [0.25, 0.3) is 10.6 Å². The van der Waals surface area contributed by atoms with Crippen molar-refractivity contribution in [2.75, 3.05) is 11.9 Å². The number of hydrogen-bond donors (Lipinski definition) is 2. The van der Waals surface area contributed by atoms with Gasteiger partial charge in [0.2, 0.25) is 5.95 Å². The van der Waals surface area contributed by atoms with E-state index in [4.69, 9.17) is 0 Å². The third-order valence-electron chi connectivity index (χ3n) is 5.24. The standard InChI is InChI=1S/C26H26N4O2S/c1-3-30(17-19-8-5-4-6-9-19)25(32)24-13-12-23(33-24)22-14-15-27-26(29-22)28-21-11-7-10-20(16-21)18(2)31/h4-16,18,31H,3,17H2,1-2H3,(H,27,28,29). The average molecular weight is 459 g/mol. The molecule has 0 radical (unpaired) electrons. The molecule has 0 fully saturated rings. The van der Waals surface area contributed by atoms with Crippen LogP contribution in [0, 0.1) is 0 Å². The topological polar surface area (TPSA) is 78.4 Å². The Hall–Kier alpha value is -3.55. The molecule has 0 spiro atoms. The number of carbonyl (C=O) groups is 1. The Labute approximate surface area is 197 Å². The molecule has 1 unspecified atom stereocenters. The normalized spacial score (nSPS) is 11.7. The number of aliphatic hydroxyl groups excluding tert-OH is 1. The van der Waals surface area contributed by atoms with Gasteiger partial charge in [0.1, 0.15) is 0 Å².